The molecule has 0 saturated carbocycles. The van der Waals surface area contributed by atoms with Gasteiger partial charge in [0.1, 0.15) is 0 Å². The monoisotopic (exact) mass is 464 g/mol. The molecule has 0 aliphatic carbocycles. The van der Waals surface area contributed by atoms with Crippen LogP contribution in [0.3, 0.4) is 0 Å². The third kappa shape index (κ3) is 5.92. The second-order valence-corrected chi connectivity index (χ2v) is 8.26. The molecule has 0 unspecified atom stereocenters. The molecule has 0 aliphatic heterocycles. The number of sulfonamides is 1. The Hall–Kier alpha value is -2.67. The van der Waals surface area contributed by atoms with E-state index in [1.54, 1.807) is 18.2 Å². The number of rotatable bonds is 7. The van der Waals surface area contributed by atoms with E-state index >= 15 is 0 Å². The van der Waals surface area contributed by atoms with E-state index in [2.05, 4.69) is 31.9 Å². The summed E-state index contributed by atoms with van der Waals surface area (Å²) in [6, 6.07) is 10.4. The smallest absolute Gasteiger partial charge is 0.338 e. The Morgan fingerprint density at radius 1 is 1.18 bits per heavy atom. The van der Waals surface area contributed by atoms with Crippen molar-refractivity contribution in [3.05, 3.63) is 58.1 Å². The van der Waals surface area contributed by atoms with E-state index < -0.39 is 28.5 Å². The second-order valence-electron chi connectivity index (χ2n) is 5.64. The Morgan fingerprint density at radius 3 is 2.46 bits per heavy atom. The number of nitrogens with one attached hydrogen (secondary N) is 2. The number of amides is 1. The number of halogens is 1. The summed E-state index contributed by atoms with van der Waals surface area (Å²) < 4.78 is 31.9. The first-order valence-corrected chi connectivity index (χ1v) is 10.3. The van der Waals surface area contributed by atoms with Crippen molar-refractivity contribution in [1.29, 1.82) is 0 Å². The number of hydrogen-bond donors (Lipinski definition) is 2. The molecule has 7 nitrogen and oxygen atoms in total. The van der Waals surface area contributed by atoms with Crippen LogP contribution in [0.15, 0.2) is 51.8 Å². The van der Waals surface area contributed by atoms with Gasteiger partial charge in [-0.2, -0.15) is 4.72 Å². The van der Waals surface area contributed by atoms with E-state index in [0.29, 0.717) is 5.69 Å². The number of benzene rings is 2. The lowest BCUT2D eigenvalue weighted by Gasteiger charge is -2.08. The maximum Gasteiger partial charge on any atom is 0.338 e. The molecule has 0 bridgehead atoms. The molecule has 0 fully saturated rings. The number of terminal acetylenes is 1. The third-order valence-electron chi connectivity index (χ3n) is 3.54. The van der Waals surface area contributed by atoms with Gasteiger partial charge in [-0.15, -0.1) is 6.42 Å². The molecule has 28 heavy (non-hydrogen) atoms. The fourth-order valence-corrected chi connectivity index (χ4v) is 3.31. The van der Waals surface area contributed by atoms with Gasteiger partial charge in [-0.3, -0.25) is 4.79 Å². The molecule has 2 rings (SSSR count). The Bertz CT molecular complexity index is 1030. The predicted molar refractivity (Wildman–Crippen MR) is 108 cm³/mol. The van der Waals surface area contributed by atoms with Crippen molar-refractivity contribution in [2.24, 2.45) is 0 Å². The molecule has 2 aromatic carbocycles. The van der Waals surface area contributed by atoms with Crippen LogP contribution >= 0.6 is 15.9 Å². The van der Waals surface area contributed by atoms with Gasteiger partial charge in [0, 0.05) is 10.2 Å². The van der Waals surface area contributed by atoms with Crippen LogP contribution in [0.2, 0.25) is 0 Å². The van der Waals surface area contributed by atoms with Crippen LogP contribution in [0.5, 0.6) is 0 Å². The van der Waals surface area contributed by atoms with Gasteiger partial charge < -0.3 is 10.1 Å². The minimum absolute atomic E-state index is 0.0392. The Labute approximate surface area is 171 Å². The summed E-state index contributed by atoms with van der Waals surface area (Å²) in [7, 11) is -3.74. The van der Waals surface area contributed by atoms with Gasteiger partial charge in [-0.25, -0.2) is 13.2 Å². The van der Waals surface area contributed by atoms with Crippen LogP contribution in [0.4, 0.5) is 5.69 Å². The Morgan fingerprint density at radius 2 is 1.86 bits per heavy atom. The second kappa shape index (κ2) is 9.50. The van der Waals surface area contributed by atoms with Gasteiger partial charge in [0.05, 0.1) is 17.0 Å². The number of hydrogen-bond acceptors (Lipinski definition) is 5. The van der Waals surface area contributed by atoms with Crippen LogP contribution in [-0.2, 0) is 19.6 Å². The fourth-order valence-electron chi connectivity index (χ4n) is 2.12. The summed E-state index contributed by atoms with van der Waals surface area (Å²) in [6.07, 6.45) is 5.02. The van der Waals surface area contributed by atoms with Gasteiger partial charge in [0.15, 0.2) is 6.61 Å². The van der Waals surface area contributed by atoms with Crippen molar-refractivity contribution in [2.45, 2.75) is 11.8 Å². The van der Waals surface area contributed by atoms with Gasteiger partial charge in [0.25, 0.3) is 5.91 Å². The molecule has 0 atom stereocenters. The van der Waals surface area contributed by atoms with Gasteiger partial charge in [-0.05, 0) is 55.0 Å². The molecule has 0 saturated heterocycles. The third-order valence-corrected chi connectivity index (χ3v) is 5.85. The zero-order valence-corrected chi connectivity index (χ0v) is 17.3. The lowest BCUT2D eigenvalue weighted by atomic mass is 10.2. The largest absolute Gasteiger partial charge is 0.452 e. The molecule has 2 aromatic rings. The number of carbonyl (C=O) groups is 2. The lowest BCUT2D eigenvalue weighted by Crippen LogP contribution is -2.24. The highest BCUT2D eigenvalue weighted by Gasteiger charge is 2.15. The van der Waals surface area contributed by atoms with Crippen molar-refractivity contribution >= 4 is 43.5 Å². The van der Waals surface area contributed by atoms with E-state index in [9.17, 15) is 18.0 Å². The van der Waals surface area contributed by atoms with Crippen molar-refractivity contribution in [1.82, 2.24) is 4.72 Å². The lowest BCUT2D eigenvalue weighted by molar-refractivity contribution is -0.119. The average Bonchev–Trinajstić information content (AvgIpc) is 2.67. The van der Waals surface area contributed by atoms with Crippen molar-refractivity contribution in [2.75, 3.05) is 18.5 Å². The molecule has 9 heteroatoms. The molecule has 2 N–H and O–H groups in total. The SMILES string of the molecule is C#CCNS(=O)(=O)c1ccc(C(=O)OCC(=O)Nc2ccc(Br)c(C)c2)cc1. The van der Waals surface area contributed by atoms with Crippen molar-refractivity contribution in [3.8, 4) is 12.3 Å². The first kappa shape index (κ1) is 21.6. The summed E-state index contributed by atoms with van der Waals surface area (Å²) in [4.78, 5) is 23.9. The maximum absolute atomic E-state index is 12.0. The minimum Gasteiger partial charge on any atom is -0.452 e. The number of aryl methyl sites for hydroxylation is 1. The van der Waals surface area contributed by atoms with Crippen LogP contribution in [-0.4, -0.2) is 33.4 Å². The first-order chi connectivity index (χ1) is 13.2. The molecular formula is C19H17BrN2O5S. The maximum atomic E-state index is 12.0. The highest BCUT2D eigenvalue weighted by atomic mass is 79.9. The standard InChI is InChI=1S/C19H17BrN2O5S/c1-3-10-21-28(25,26)16-7-4-14(5-8-16)19(24)27-12-18(23)22-15-6-9-17(20)13(2)11-15/h1,4-9,11,21H,10,12H2,2H3,(H,22,23). The summed E-state index contributed by atoms with van der Waals surface area (Å²) in [6.45, 7) is 1.27. The van der Waals surface area contributed by atoms with Crippen LogP contribution in [0.25, 0.3) is 0 Å². The molecule has 0 aromatic heterocycles. The molecule has 146 valence electrons. The van der Waals surface area contributed by atoms with Crippen molar-refractivity contribution in [3.63, 3.8) is 0 Å². The molecule has 1 amide bonds. The summed E-state index contributed by atoms with van der Waals surface area (Å²) >= 11 is 3.37. The van der Waals surface area contributed by atoms with Gasteiger partial charge in [0.2, 0.25) is 10.0 Å². The zero-order chi connectivity index (χ0) is 20.7. The quantitative estimate of drug-likeness (QED) is 0.483. The number of carbonyl (C=O) groups excluding carboxylic acids is 2. The molecule has 0 radical (unpaired) electrons. The molecule has 0 spiro atoms. The number of esters is 1. The van der Waals surface area contributed by atoms with E-state index in [4.69, 9.17) is 11.2 Å². The summed E-state index contributed by atoms with van der Waals surface area (Å²) in [5.41, 5.74) is 1.64. The van der Waals surface area contributed by atoms with E-state index in [-0.39, 0.29) is 17.0 Å². The summed E-state index contributed by atoms with van der Waals surface area (Å²) in [5, 5.41) is 2.62. The highest BCUT2D eigenvalue weighted by Crippen LogP contribution is 2.20. The van der Waals surface area contributed by atoms with Crippen molar-refractivity contribution < 1.29 is 22.7 Å². The van der Waals surface area contributed by atoms with E-state index in [1.165, 1.54) is 24.3 Å². The summed E-state index contributed by atoms with van der Waals surface area (Å²) in [5.74, 6) is 0.929. The van der Waals surface area contributed by atoms with Gasteiger partial charge >= 0.3 is 5.97 Å². The van der Waals surface area contributed by atoms with Crippen LogP contribution in [0.1, 0.15) is 15.9 Å². The average molecular weight is 465 g/mol. The number of ether oxygens (including phenoxy) is 1. The topological polar surface area (TPSA) is 102 Å². The predicted octanol–water partition coefficient (Wildman–Crippen LogP) is 2.46. The van der Waals surface area contributed by atoms with Gasteiger partial charge in [-0.1, -0.05) is 21.9 Å². The number of anilines is 1. The molecule has 0 heterocycles. The van der Waals surface area contributed by atoms with Crippen LogP contribution in [0, 0.1) is 19.3 Å². The fraction of sp³-hybridized carbons (Fsp3) is 0.158. The highest BCUT2D eigenvalue weighted by molar-refractivity contribution is 9.10. The van der Waals surface area contributed by atoms with Crippen LogP contribution < -0.4 is 10.0 Å². The molecular weight excluding hydrogens is 448 g/mol. The zero-order valence-electron chi connectivity index (χ0n) is 14.9. The minimum atomic E-state index is -3.74. The van der Waals surface area contributed by atoms with E-state index in [1.807, 2.05) is 6.92 Å². The molecule has 0 aliphatic rings. The first-order valence-electron chi connectivity index (χ1n) is 7.99. The Balaban J connectivity index is 1.93. The Kier molecular flexibility index (Phi) is 7.34. The normalized spacial score (nSPS) is 10.8. The van der Waals surface area contributed by atoms with E-state index in [0.717, 1.165) is 10.0 Å².